The molecule has 1 heterocycles. The summed E-state index contributed by atoms with van der Waals surface area (Å²) in [6, 6.07) is 6.22. The smallest absolute Gasteiger partial charge is 0.144 e. The highest BCUT2D eigenvalue weighted by atomic mass is 35.5. The zero-order valence-electron chi connectivity index (χ0n) is 11.7. The molecule has 1 fully saturated rings. The van der Waals surface area contributed by atoms with E-state index in [-0.39, 0.29) is 0 Å². The quantitative estimate of drug-likeness (QED) is 0.631. The molecular formula is C16H20ClN3. The first-order valence-corrected chi connectivity index (χ1v) is 7.65. The Hall–Kier alpha value is -1.32. The molecule has 106 valence electrons. The molecular weight excluding hydrogens is 270 g/mol. The average molecular weight is 290 g/mol. The zero-order valence-corrected chi connectivity index (χ0v) is 12.5. The largest absolute Gasteiger partial charge is 0.308 e. The van der Waals surface area contributed by atoms with Crippen molar-refractivity contribution in [3.63, 3.8) is 0 Å². The summed E-state index contributed by atoms with van der Waals surface area (Å²) in [5.74, 6) is 7.06. The Morgan fingerprint density at radius 2 is 2.00 bits per heavy atom. The second kappa shape index (κ2) is 5.58. The minimum atomic E-state index is 0.572. The fraction of sp³-hybridized carbons (Fsp3) is 0.438. The molecule has 1 aliphatic rings. The van der Waals surface area contributed by atoms with Crippen molar-refractivity contribution in [2.45, 2.75) is 44.9 Å². The van der Waals surface area contributed by atoms with Gasteiger partial charge >= 0.3 is 0 Å². The second-order valence-corrected chi connectivity index (χ2v) is 6.06. The Morgan fingerprint density at radius 1 is 1.25 bits per heavy atom. The Balaban J connectivity index is 2.14. The van der Waals surface area contributed by atoms with E-state index in [1.807, 2.05) is 19.1 Å². The molecule has 1 saturated carbocycles. The van der Waals surface area contributed by atoms with E-state index in [1.54, 1.807) is 0 Å². The van der Waals surface area contributed by atoms with Crippen molar-refractivity contribution in [1.82, 2.24) is 4.98 Å². The van der Waals surface area contributed by atoms with Crippen LogP contribution in [0.5, 0.6) is 0 Å². The standard InChI is InChI=1S/C16H20ClN3/c1-10-14(17)8-7-12-9-13(11-5-3-2-4-6-11)16(20-18)19-15(10)12/h7-9,11H,2-6,18H2,1H3,(H,19,20). The minimum Gasteiger partial charge on any atom is -0.308 e. The number of halogens is 1. The lowest BCUT2D eigenvalue weighted by Crippen LogP contribution is -2.15. The van der Waals surface area contributed by atoms with Crippen LogP contribution in [0.1, 0.15) is 49.1 Å². The monoisotopic (exact) mass is 289 g/mol. The third-order valence-corrected chi connectivity index (χ3v) is 4.80. The number of nitrogens with two attached hydrogens (primary N) is 1. The molecule has 3 nitrogen and oxygen atoms in total. The maximum Gasteiger partial charge on any atom is 0.144 e. The number of anilines is 1. The van der Waals surface area contributed by atoms with E-state index >= 15 is 0 Å². The van der Waals surface area contributed by atoms with Crippen LogP contribution < -0.4 is 11.3 Å². The van der Waals surface area contributed by atoms with Gasteiger partial charge in [0.1, 0.15) is 5.82 Å². The number of nitrogens with one attached hydrogen (secondary N) is 1. The van der Waals surface area contributed by atoms with Gasteiger partial charge in [-0.05, 0) is 48.9 Å². The summed E-state index contributed by atoms with van der Waals surface area (Å²) in [7, 11) is 0. The molecule has 0 aliphatic heterocycles. The molecule has 4 heteroatoms. The molecule has 0 unspecified atom stereocenters. The van der Waals surface area contributed by atoms with Gasteiger partial charge in [-0.1, -0.05) is 36.9 Å². The third kappa shape index (κ3) is 2.36. The lowest BCUT2D eigenvalue weighted by Gasteiger charge is -2.24. The van der Waals surface area contributed by atoms with E-state index < -0.39 is 0 Å². The molecule has 1 aromatic heterocycles. The molecule has 0 amide bonds. The van der Waals surface area contributed by atoms with E-state index in [2.05, 4.69) is 11.5 Å². The van der Waals surface area contributed by atoms with Gasteiger partial charge in [0.05, 0.1) is 5.52 Å². The van der Waals surface area contributed by atoms with E-state index in [1.165, 1.54) is 37.7 Å². The Bertz CT molecular complexity index is 633. The lowest BCUT2D eigenvalue weighted by molar-refractivity contribution is 0.444. The minimum absolute atomic E-state index is 0.572. The number of rotatable bonds is 2. The predicted molar refractivity (Wildman–Crippen MR) is 85.1 cm³/mol. The number of fused-ring (bicyclic) bond motifs is 1. The van der Waals surface area contributed by atoms with Gasteiger partial charge in [0.15, 0.2) is 0 Å². The molecule has 0 atom stereocenters. The Labute approximate surface area is 124 Å². The summed E-state index contributed by atoms with van der Waals surface area (Å²) >= 11 is 6.18. The van der Waals surface area contributed by atoms with Crippen molar-refractivity contribution in [3.8, 4) is 0 Å². The van der Waals surface area contributed by atoms with Gasteiger partial charge in [-0.25, -0.2) is 10.8 Å². The van der Waals surface area contributed by atoms with Gasteiger partial charge in [0, 0.05) is 10.4 Å². The molecule has 2 aromatic rings. The summed E-state index contributed by atoms with van der Waals surface area (Å²) in [5.41, 5.74) is 5.97. The number of benzene rings is 1. The van der Waals surface area contributed by atoms with Crippen LogP contribution in [0.4, 0.5) is 5.82 Å². The number of nitrogen functional groups attached to an aromatic ring is 1. The normalized spacial score (nSPS) is 16.6. The third-order valence-electron chi connectivity index (χ3n) is 4.39. The van der Waals surface area contributed by atoms with Crippen LogP contribution in [-0.2, 0) is 0 Å². The lowest BCUT2D eigenvalue weighted by atomic mass is 9.84. The molecule has 3 N–H and O–H groups in total. The van der Waals surface area contributed by atoms with E-state index in [4.69, 9.17) is 22.4 Å². The fourth-order valence-electron chi connectivity index (χ4n) is 3.21. The van der Waals surface area contributed by atoms with Gasteiger partial charge in [-0.2, -0.15) is 0 Å². The number of aryl methyl sites for hydroxylation is 1. The molecule has 0 saturated heterocycles. The number of hydrazine groups is 1. The van der Waals surface area contributed by atoms with Crippen LogP contribution in [0.15, 0.2) is 18.2 Å². The number of hydrogen-bond donors (Lipinski definition) is 2. The van der Waals surface area contributed by atoms with Gasteiger partial charge in [0.2, 0.25) is 0 Å². The number of hydrogen-bond acceptors (Lipinski definition) is 3. The molecule has 1 aromatic carbocycles. The van der Waals surface area contributed by atoms with E-state index in [0.29, 0.717) is 5.92 Å². The Kier molecular flexibility index (Phi) is 3.81. The van der Waals surface area contributed by atoms with Crippen molar-refractivity contribution in [2.24, 2.45) is 5.84 Å². The fourth-order valence-corrected chi connectivity index (χ4v) is 3.37. The first-order chi connectivity index (χ1) is 9.70. The molecule has 3 rings (SSSR count). The highest BCUT2D eigenvalue weighted by Gasteiger charge is 2.20. The molecule has 20 heavy (non-hydrogen) atoms. The van der Waals surface area contributed by atoms with Gasteiger partial charge in [-0.15, -0.1) is 0 Å². The van der Waals surface area contributed by atoms with Crippen LogP contribution in [0.25, 0.3) is 10.9 Å². The SMILES string of the molecule is Cc1c(Cl)ccc2cc(C3CCCCC3)c(NN)nc12. The molecule has 0 bridgehead atoms. The molecule has 1 aliphatic carbocycles. The van der Waals surface area contributed by atoms with Crippen molar-refractivity contribution in [1.29, 1.82) is 0 Å². The van der Waals surface area contributed by atoms with Crippen LogP contribution in [-0.4, -0.2) is 4.98 Å². The molecule has 0 radical (unpaired) electrons. The van der Waals surface area contributed by atoms with Crippen molar-refractivity contribution in [3.05, 3.63) is 34.3 Å². The first-order valence-electron chi connectivity index (χ1n) is 7.27. The maximum atomic E-state index is 6.18. The second-order valence-electron chi connectivity index (χ2n) is 5.65. The zero-order chi connectivity index (χ0) is 14.1. The van der Waals surface area contributed by atoms with Gasteiger partial charge in [-0.3, -0.25) is 0 Å². The van der Waals surface area contributed by atoms with Crippen LogP contribution in [0.3, 0.4) is 0 Å². The maximum absolute atomic E-state index is 6.18. The van der Waals surface area contributed by atoms with Crippen LogP contribution >= 0.6 is 11.6 Å². The highest BCUT2D eigenvalue weighted by molar-refractivity contribution is 6.32. The number of pyridine rings is 1. The summed E-state index contributed by atoms with van der Waals surface area (Å²) in [6.07, 6.45) is 6.40. The summed E-state index contributed by atoms with van der Waals surface area (Å²) in [5, 5.41) is 1.89. The molecule has 0 spiro atoms. The van der Waals surface area contributed by atoms with E-state index in [9.17, 15) is 0 Å². The van der Waals surface area contributed by atoms with E-state index in [0.717, 1.165) is 27.3 Å². The van der Waals surface area contributed by atoms with Crippen LogP contribution in [0.2, 0.25) is 5.02 Å². The van der Waals surface area contributed by atoms with Gasteiger partial charge in [0.25, 0.3) is 0 Å². The Morgan fingerprint density at radius 3 is 2.70 bits per heavy atom. The average Bonchev–Trinajstić information content (AvgIpc) is 2.51. The van der Waals surface area contributed by atoms with Crippen LogP contribution in [0, 0.1) is 6.92 Å². The number of nitrogens with zero attached hydrogens (tertiary/aromatic N) is 1. The first kappa shape index (κ1) is 13.7. The van der Waals surface area contributed by atoms with Crippen molar-refractivity contribution >= 4 is 28.3 Å². The van der Waals surface area contributed by atoms with Crippen molar-refractivity contribution < 1.29 is 0 Å². The van der Waals surface area contributed by atoms with Gasteiger partial charge < -0.3 is 5.43 Å². The summed E-state index contributed by atoms with van der Waals surface area (Å²) < 4.78 is 0. The highest BCUT2D eigenvalue weighted by Crippen LogP contribution is 2.37. The number of aromatic nitrogens is 1. The van der Waals surface area contributed by atoms with Crippen molar-refractivity contribution in [2.75, 3.05) is 5.43 Å². The predicted octanol–water partition coefficient (Wildman–Crippen LogP) is 4.53. The topological polar surface area (TPSA) is 50.9 Å². The summed E-state index contributed by atoms with van der Waals surface area (Å²) in [6.45, 7) is 2.00. The summed E-state index contributed by atoms with van der Waals surface area (Å²) in [4.78, 5) is 4.71.